The summed E-state index contributed by atoms with van der Waals surface area (Å²) in [7, 11) is 0. The number of hydrogen-bond donors (Lipinski definition) is 1. The molecule has 20 heavy (non-hydrogen) atoms. The molecule has 0 unspecified atom stereocenters. The van der Waals surface area contributed by atoms with E-state index in [2.05, 4.69) is 21.2 Å². The average Bonchev–Trinajstić information content (AvgIpc) is 2.39. The van der Waals surface area contributed by atoms with Crippen LogP contribution in [-0.4, -0.2) is 4.92 Å². The Morgan fingerprint density at radius 3 is 2.70 bits per heavy atom. The fourth-order valence-corrected chi connectivity index (χ4v) is 2.10. The lowest BCUT2D eigenvalue weighted by molar-refractivity contribution is -0.384. The summed E-state index contributed by atoms with van der Waals surface area (Å²) >= 11 is 3.19. The zero-order valence-electron chi connectivity index (χ0n) is 10.7. The number of halogens is 2. The van der Waals surface area contributed by atoms with Crippen molar-refractivity contribution in [1.29, 1.82) is 0 Å². The number of nitro benzene ring substituents is 1. The van der Waals surface area contributed by atoms with Crippen LogP contribution >= 0.6 is 15.9 Å². The van der Waals surface area contributed by atoms with Gasteiger partial charge in [-0.05, 0) is 24.6 Å². The molecule has 0 radical (unpaired) electrons. The van der Waals surface area contributed by atoms with Gasteiger partial charge in [0.1, 0.15) is 5.82 Å². The van der Waals surface area contributed by atoms with Gasteiger partial charge in [0, 0.05) is 34.4 Å². The molecule has 0 amide bonds. The van der Waals surface area contributed by atoms with Gasteiger partial charge in [-0.15, -0.1) is 0 Å². The number of aryl methyl sites for hydroxylation is 1. The van der Waals surface area contributed by atoms with E-state index in [0.717, 1.165) is 5.56 Å². The summed E-state index contributed by atoms with van der Waals surface area (Å²) in [5.74, 6) is -0.324. The predicted octanol–water partition coefficient (Wildman–Crippen LogP) is 4.42. The highest BCUT2D eigenvalue weighted by molar-refractivity contribution is 9.10. The summed E-state index contributed by atoms with van der Waals surface area (Å²) in [6.45, 7) is 2.10. The maximum Gasteiger partial charge on any atom is 0.271 e. The Kier molecular flexibility index (Phi) is 4.34. The maximum atomic E-state index is 13.7. The van der Waals surface area contributed by atoms with Crippen molar-refractivity contribution in [3.63, 3.8) is 0 Å². The number of nitro groups is 1. The third kappa shape index (κ3) is 3.33. The van der Waals surface area contributed by atoms with E-state index in [0.29, 0.717) is 15.7 Å². The zero-order chi connectivity index (χ0) is 14.7. The Balaban J connectivity index is 2.18. The molecule has 0 aromatic heterocycles. The topological polar surface area (TPSA) is 55.2 Å². The molecule has 0 fully saturated rings. The Bertz CT molecular complexity index is 662. The van der Waals surface area contributed by atoms with Crippen LogP contribution in [0.2, 0.25) is 0 Å². The van der Waals surface area contributed by atoms with Crippen molar-refractivity contribution >= 4 is 27.3 Å². The molecule has 2 aromatic rings. The summed E-state index contributed by atoms with van der Waals surface area (Å²) in [6, 6.07) is 9.36. The van der Waals surface area contributed by atoms with Crippen molar-refractivity contribution in [3.05, 3.63) is 67.9 Å². The molecule has 0 heterocycles. The summed E-state index contributed by atoms with van der Waals surface area (Å²) in [5, 5.41) is 13.8. The van der Waals surface area contributed by atoms with Gasteiger partial charge in [0.2, 0.25) is 0 Å². The van der Waals surface area contributed by atoms with Gasteiger partial charge in [0.05, 0.1) is 4.92 Å². The molecule has 0 aliphatic heterocycles. The van der Waals surface area contributed by atoms with Gasteiger partial charge < -0.3 is 5.32 Å². The molecule has 2 aromatic carbocycles. The highest BCUT2D eigenvalue weighted by Crippen LogP contribution is 2.23. The lowest BCUT2D eigenvalue weighted by atomic mass is 10.1. The van der Waals surface area contributed by atoms with E-state index in [9.17, 15) is 14.5 Å². The molecule has 0 saturated heterocycles. The molecule has 1 N–H and O–H groups in total. The van der Waals surface area contributed by atoms with Crippen LogP contribution in [0.3, 0.4) is 0 Å². The van der Waals surface area contributed by atoms with Crippen LogP contribution in [0, 0.1) is 22.9 Å². The Labute approximate surface area is 123 Å². The highest BCUT2D eigenvalue weighted by atomic mass is 79.9. The molecule has 0 bridgehead atoms. The number of benzene rings is 2. The van der Waals surface area contributed by atoms with Crippen molar-refractivity contribution in [1.82, 2.24) is 0 Å². The summed E-state index contributed by atoms with van der Waals surface area (Å²) < 4.78 is 14.4. The molecular formula is C14H12BrFN2O2. The zero-order valence-corrected chi connectivity index (χ0v) is 12.3. The fraction of sp³-hybridized carbons (Fsp3) is 0.143. The monoisotopic (exact) mass is 338 g/mol. The smallest absolute Gasteiger partial charge is 0.271 e. The standard InChI is InChI=1S/C14H12BrFN2O2/c1-9-2-5-12(18(19)20)7-14(9)17-8-10-3-4-11(15)6-13(10)16/h2-7,17H,8H2,1H3. The van der Waals surface area contributed by atoms with Crippen LogP contribution < -0.4 is 5.32 Å². The van der Waals surface area contributed by atoms with Gasteiger partial charge in [-0.2, -0.15) is 0 Å². The van der Waals surface area contributed by atoms with Crippen LogP contribution in [0.15, 0.2) is 40.9 Å². The first kappa shape index (κ1) is 14.5. The minimum Gasteiger partial charge on any atom is -0.380 e. The summed E-state index contributed by atoms with van der Waals surface area (Å²) in [6.07, 6.45) is 0. The van der Waals surface area contributed by atoms with Gasteiger partial charge in [-0.1, -0.05) is 28.1 Å². The second-order valence-electron chi connectivity index (χ2n) is 4.35. The second kappa shape index (κ2) is 6.00. The fourth-order valence-electron chi connectivity index (χ4n) is 1.77. The Morgan fingerprint density at radius 2 is 2.05 bits per heavy atom. The first-order valence-corrected chi connectivity index (χ1v) is 6.69. The lowest BCUT2D eigenvalue weighted by Crippen LogP contribution is -2.03. The van der Waals surface area contributed by atoms with Crippen molar-refractivity contribution in [2.75, 3.05) is 5.32 Å². The lowest BCUT2D eigenvalue weighted by Gasteiger charge is -2.10. The summed E-state index contributed by atoms with van der Waals surface area (Å²) in [4.78, 5) is 10.3. The van der Waals surface area contributed by atoms with Crippen LogP contribution in [0.25, 0.3) is 0 Å². The van der Waals surface area contributed by atoms with E-state index >= 15 is 0 Å². The van der Waals surface area contributed by atoms with Gasteiger partial charge in [-0.3, -0.25) is 10.1 Å². The number of anilines is 1. The number of rotatable bonds is 4. The number of nitrogens with one attached hydrogen (secondary N) is 1. The van der Waals surface area contributed by atoms with E-state index in [-0.39, 0.29) is 18.0 Å². The molecule has 0 aliphatic carbocycles. The van der Waals surface area contributed by atoms with E-state index in [1.165, 1.54) is 18.2 Å². The molecule has 104 valence electrons. The Hall–Kier alpha value is -1.95. The van der Waals surface area contributed by atoms with Crippen molar-refractivity contribution in [2.24, 2.45) is 0 Å². The first-order chi connectivity index (χ1) is 9.47. The molecule has 0 atom stereocenters. The van der Waals surface area contributed by atoms with Crippen molar-refractivity contribution < 1.29 is 9.31 Å². The molecular weight excluding hydrogens is 327 g/mol. The van der Waals surface area contributed by atoms with E-state index in [1.54, 1.807) is 18.2 Å². The molecule has 2 rings (SSSR count). The van der Waals surface area contributed by atoms with Gasteiger partial charge >= 0.3 is 0 Å². The number of nitrogens with zero attached hydrogens (tertiary/aromatic N) is 1. The molecule has 0 aliphatic rings. The minimum atomic E-state index is -0.454. The van der Waals surface area contributed by atoms with E-state index < -0.39 is 4.92 Å². The molecule has 4 nitrogen and oxygen atoms in total. The maximum absolute atomic E-state index is 13.7. The third-order valence-electron chi connectivity index (χ3n) is 2.92. The molecule has 0 saturated carbocycles. The van der Waals surface area contributed by atoms with Crippen LogP contribution in [0.1, 0.15) is 11.1 Å². The van der Waals surface area contributed by atoms with Gasteiger partial charge in [0.25, 0.3) is 5.69 Å². The van der Waals surface area contributed by atoms with Crippen molar-refractivity contribution in [2.45, 2.75) is 13.5 Å². The van der Waals surface area contributed by atoms with Gasteiger partial charge in [0.15, 0.2) is 0 Å². The second-order valence-corrected chi connectivity index (χ2v) is 5.26. The van der Waals surface area contributed by atoms with Crippen LogP contribution in [0.5, 0.6) is 0 Å². The average molecular weight is 339 g/mol. The van der Waals surface area contributed by atoms with Crippen molar-refractivity contribution in [3.8, 4) is 0 Å². The SMILES string of the molecule is Cc1ccc([N+](=O)[O-])cc1NCc1ccc(Br)cc1F. The normalized spacial score (nSPS) is 10.3. The molecule has 6 heteroatoms. The quantitative estimate of drug-likeness (QED) is 0.663. The Morgan fingerprint density at radius 1 is 1.30 bits per heavy atom. The predicted molar refractivity (Wildman–Crippen MR) is 79.3 cm³/mol. The van der Waals surface area contributed by atoms with Crippen LogP contribution in [0.4, 0.5) is 15.8 Å². The third-order valence-corrected chi connectivity index (χ3v) is 3.41. The highest BCUT2D eigenvalue weighted by Gasteiger charge is 2.09. The minimum absolute atomic E-state index is 0.00868. The molecule has 0 spiro atoms. The van der Waals surface area contributed by atoms with E-state index in [4.69, 9.17) is 0 Å². The largest absolute Gasteiger partial charge is 0.380 e. The first-order valence-electron chi connectivity index (χ1n) is 5.90. The van der Waals surface area contributed by atoms with E-state index in [1.807, 2.05) is 6.92 Å². The van der Waals surface area contributed by atoms with Gasteiger partial charge in [-0.25, -0.2) is 4.39 Å². The number of hydrogen-bond acceptors (Lipinski definition) is 3. The van der Waals surface area contributed by atoms with Crippen LogP contribution in [-0.2, 0) is 6.54 Å². The summed E-state index contributed by atoms with van der Waals surface area (Å²) in [5.41, 5.74) is 2.00. The number of non-ortho nitro benzene ring substituents is 1.